The van der Waals surface area contributed by atoms with Crippen molar-refractivity contribution in [1.82, 2.24) is 24.4 Å². The Morgan fingerprint density at radius 2 is 1.73 bits per heavy atom. The molecule has 2 aromatic carbocycles. The Kier molecular flexibility index (Phi) is 9.91. The van der Waals surface area contributed by atoms with Crippen molar-refractivity contribution in [2.24, 2.45) is 14.1 Å². The summed E-state index contributed by atoms with van der Waals surface area (Å²) in [6, 6.07) is 16.8. The van der Waals surface area contributed by atoms with E-state index in [4.69, 9.17) is 9.72 Å². The first-order chi connectivity index (χ1) is 20.8. The van der Waals surface area contributed by atoms with Crippen LogP contribution >= 0.6 is 0 Å². The highest BCUT2D eigenvalue weighted by molar-refractivity contribution is 5.94. The minimum atomic E-state index is -0.608. The normalized spacial score (nSPS) is 12.3. The maximum atomic E-state index is 14.2. The second-order valence-corrected chi connectivity index (χ2v) is 12.2. The molecule has 0 spiro atoms. The molecule has 44 heavy (non-hydrogen) atoms. The number of alkyl carbamates (subject to hydrolysis) is 1. The third kappa shape index (κ3) is 7.18. The van der Waals surface area contributed by atoms with Crippen molar-refractivity contribution >= 4 is 23.0 Å². The summed E-state index contributed by atoms with van der Waals surface area (Å²) in [5.74, 6) is 0.360. The van der Waals surface area contributed by atoms with Gasteiger partial charge in [-0.1, -0.05) is 55.0 Å². The second kappa shape index (κ2) is 13.4. The van der Waals surface area contributed by atoms with E-state index < -0.39 is 17.7 Å². The summed E-state index contributed by atoms with van der Waals surface area (Å²) in [4.78, 5) is 47.6. The van der Waals surface area contributed by atoms with Crippen molar-refractivity contribution < 1.29 is 19.0 Å². The number of fused-ring (bicyclic) bond motifs is 1. The molecular weight excluding hydrogens is 556 g/mol. The van der Waals surface area contributed by atoms with Crippen LogP contribution in [0.25, 0.3) is 11.0 Å². The highest BCUT2D eigenvalue weighted by atomic mass is 16.6. The Morgan fingerprint density at radius 3 is 2.34 bits per heavy atom. The molecule has 0 saturated carbocycles. The lowest BCUT2D eigenvalue weighted by molar-refractivity contribution is -0.730. The summed E-state index contributed by atoms with van der Waals surface area (Å²) in [5, 5.41) is 3.35. The summed E-state index contributed by atoms with van der Waals surface area (Å²) >= 11 is 0. The maximum absolute atomic E-state index is 14.2. The number of carbonyl (C=O) groups excluding carboxylic acids is 2. The molecular formula is C34H45N6O4+. The topological polar surface area (TPSA) is 102 Å². The van der Waals surface area contributed by atoms with E-state index in [0.717, 1.165) is 16.8 Å². The number of hydrogen-bond donors (Lipinski definition) is 1. The summed E-state index contributed by atoms with van der Waals surface area (Å²) in [7, 11) is 3.78. The molecule has 4 aromatic rings. The highest BCUT2D eigenvalue weighted by Gasteiger charge is 2.35. The van der Waals surface area contributed by atoms with Crippen LogP contribution in [0.15, 0.2) is 59.4 Å². The van der Waals surface area contributed by atoms with Gasteiger partial charge in [-0.15, -0.1) is 0 Å². The van der Waals surface area contributed by atoms with Crippen LogP contribution in [0.4, 0.5) is 4.79 Å². The van der Waals surface area contributed by atoms with Gasteiger partial charge in [-0.3, -0.25) is 14.2 Å². The zero-order valence-corrected chi connectivity index (χ0v) is 27.2. The largest absolute Gasteiger partial charge is 0.444 e. The Bertz CT molecular complexity index is 1680. The second-order valence-electron chi connectivity index (χ2n) is 12.2. The molecule has 1 unspecified atom stereocenters. The van der Waals surface area contributed by atoms with Crippen molar-refractivity contribution in [2.45, 2.75) is 72.6 Å². The summed E-state index contributed by atoms with van der Waals surface area (Å²) in [6.45, 7) is 12.3. The molecule has 1 N–H and O–H groups in total. The van der Waals surface area contributed by atoms with Gasteiger partial charge in [0.2, 0.25) is 5.82 Å². The van der Waals surface area contributed by atoms with Gasteiger partial charge in [0.15, 0.2) is 5.39 Å². The van der Waals surface area contributed by atoms with E-state index >= 15 is 0 Å². The summed E-state index contributed by atoms with van der Waals surface area (Å²) in [5.41, 5.74) is 3.21. The quantitative estimate of drug-likeness (QED) is 0.209. The molecule has 2 heterocycles. The SMILES string of the molecule is CCC(c1nc2c(c(C)n(C)[n+]2C)c(=O)n1Cc1ccccc1)N(CCCNC(=O)OC(C)(C)C)C(=O)c1ccc(C)cc1. The lowest BCUT2D eigenvalue weighted by atomic mass is 10.1. The first-order valence-electron chi connectivity index (χ1n) is 15.2. The van der Waals surface area contributed by atoms with E-state index in [1.807, 2.05) is 120 Å². The van der Waals surface area contributed by atoms with E-state index in [1.54, 1.807) is 9.47 Å². The van der Waals surface area contributed by atoms with Crippen molar-refractivity contribution in [3.63, 3.8) is 0 Å². The van der Waals surface area contributed by atoms with Gasteiger partial charge in [0, 0.05) is 25.7 Å². The molecule has 0 radical (unpaired) electrons. The first kappa shape index (κ1) is 32.4. The number of aryl methyl sites for hydroxylation is 3. The molecule has 4 rings (SSSR count). The van der Waals surface area contributed by atoms with Gasteiger partial charge >= 0.3 is 11.7 Å². The van der Waals surface area contributed by atoms with Crippen LogP contribution in [0.2, 0.25) is 0 Å². The fourth-order valence-corrected chi connectivity index (χ4v) is 5.37. The van der Waals surface area contributed by atoms with E-state index in [-0.39, 0.29) is 11.5 Å². The lowest BCUT2D eigenvalue weighted by Gasteiger charge is -2.30. The average Bonchev–Trinajstić information content (AvgIpc) is 3.19. The first-order valence-corrected chi connectivity index (χ1v) is 15.2. The van der Waals surface area contributed by atoms with E-state index in [2.05, 4.69) is 5.32 Å². The smallest absolute Gasteiger partial charge is 0.407 e. The fraction of sp³-hybridized carbons (Fsp3) is 0.441. The monoisotopic (exact) mass is 601 g/mol. The maximum Gasteiger partial charge on any atom is 0.407 e. The van der Waals surface area contributed by atoms with Crippen molar-refractivity contribution in [3.8, 4) is 0 Å². The minimum Gasteiger partial charge on any atom is -0.444 e. The van der Waals surface area contributed by atoms with Crippen LogP contribution in [0, 0.1) is 13.8 Å². The standard InChI is InChI=1S/C34H44N6O4/c1-9-27(39(31(41)26-18-16-23(2)17-19-26)21-13-20-35-33(43)44-34(4,5)6)29-36-30-28(24(3)37(7)38(30)8)32(42)40(29)22-25-14-11-10-12-15-25/h10-12,14-19,27H,9,13,20-22H2,1-8H3/p+1. The molecule has 0 fully saturated rings. The molecule has 0 aliphatic heterocycles. The van der Waals surface area contributed by atoms with Gasteiger partial charge in [0.25, 0.3) is 11.5 Å². The molecule has 0 bridgehead atoms. The van der Waals surface area contributed by atoms with Crippen LogP contribution in [0.3, 0.4) is 0 Å². The molecule has 10 nitrogen and oxygen atoms in total. The Labute approximate surface area is 259 Å². The van der Waals surface area contributed by atoms with Crippen molar-refractivity contribution in [1.29, 1.82) is 0 Å². The van der Waals surface area contributed by atoms with Gasteiger partial charge in [-0.05, 0) is 70.1 Å². The van der Waals surface area contributed by atoms with Gasteiger partial charge in [0.1, 0.15) is 18.7 Å². The number of aromatic nitrogens is 4. The fourth-order valence-electron chi connectivity index (χ4n) is 5.37. The van der Waals surface area contributed by atoms with Crippen LogP contribution in [0.1, 0.15) is 79.6 Å². The number of rotatable bonds is 10. The number of benzene rings is 2. The molecule has 234 valence electrons. The van der Waals surface area contributed by atoms with Gasteiger partial charge in [-0.2, -0.15) is 4.68 Å². The predicted molar refractivity (Wildman–Crippen MR) is 171 cm³/mol. The highest BCUT2D eigenvalue weighted by Crippen LogP contribution is 2.27. The molecule has 2 amide bonds. The average molecular weight is 602 g/mol. The Balaban J connectivity index is 1.79. The van der Waals surface area contributed by atoms with Crippen LogP contribution in [-0.2, 0) is 25.4 Å². The van der Waals surface area contributed by atoms with Gasteiger partial charge in [0.05, 0.1) is 12.2 Å². The van der Waals surface area contributed by atoms with Crippen LogP contribution in [0.5, 0.6) is 0 Å². The molecule has 1 atom stereocenters. The molecule has 2 aromatic heterocycles. The molecule has 0 saturated heterocycles. The number of hydrogen-bond acceptors (Lipinski definition) is 5. The molecule has 10 heteroatoms. The number of nitrogens with one attached hydrogen (secondary N) is 1. The van der Waals surface area contributed by atoms with Gasteiger partial charge in [-0.25, -0.2) is 9.48 Å². The zero-order valence-electron chi connectivity index (χ0n) is 27.2. The Morgan fingerprint density at radius 1 is 1.07 bits per heavy atom. The van der Waals surface area contributed by atoms with E-state index in [0.29, 0.717) is 54.9 Å². The summed E-state index contributed by atoms with van der Waals surface area (Å²) in [6.07, 6.45) is 0.507. The summed E-state index contributed by atoms with van der Waals surface area (Å²) < 4.78 is 10.9. The van der Waals surface area contributed by atoms with Crippen LogP contribution in [-0.4, -0.2) is 49.8 Å². The van der Waals surface area contributed by atoms with Crippen LogP contribution < -0.4 is 15.6 Å². The van der Waals surface area contributed by atoms with Crippen molar-refractivity contribution in [2.75, 3.05) is 13.1 Å². The Hall–Kier alpha value is -4.47. The van der Waals surface area contributed by atoms with E-state index in [1.165, 1.54) is 0 Å². The third-order valence-electron chi connectivity index (χ3n) is 7.83. The molecule has 0 aliphatic carbocycles. The number of carbonyl (C=O) groups is 2. The zero-order chi connectivity index (χ0) is 32.2. The van der Waals surface area contributed by atoms with E-state index in [9.17, 15) is 14.4 Å². The molecule has 0 aliphatic rings. The lowest BCUT2D eigenvalue weighted by Crippen LogP contribution is -2.42. The number of ether oxygens (including phenoxy) is 1. The van der Waals surface area contributed by atoms with Crippen molar-refractivity contribution in [3.05, 3.63) is 93.2 Å². The number of amides is 2. The predicted octanol–water partition coefficient (Wildman–Crippen LogP) is 4.73. The number of nitrogens with zero attached hydrogens (tertiary/aromatic N) is 5. The van der Waals surface area contributed by atoms with Gasteiger partial charge < -0.3 is 15.0 Å². The minimum absolute atomic E-state index is 0.143. The third-order valence-corrected chi connectivity index (χ3v) is 7.83.